The van der Waals surface area contributed by atoms with Crippen LogP contribution in [0.1, 0.15) is 54.4 Å². The van der Waals surface area contributed by atoms with E-state index in [1.54, 1.807) is 7.11 Å². The average Bonchev–Trinajstić information content (AvgIpc) is 3.19. The maximum absolute atomic E-state index is 5.31. The molecule has 1 fully saturated rings. The van der Waals surface area contributed by atoms with Gasteiger partial charge in [0.25, 0.3) is 0 Å². The van der Waals surface area contributed by atoms with E-state index in [0.29, 0.717) is 18.0 Å². The summed E-state index contributed by atoms with van der Waals surface area (Å²) in [6, 6.07) is 1.29. The van der Waals surface area contributed by atoms with Gasteiger partial charge in [-0.1, -0.05) is 6.92 Å². The van der Waals surface area contributed by atoms with Crippen molar-refractivity contribution in [1.29, 1.82) is 0 Å². The topological polar surface area (TPSA) is 24.5 Å². The molecule has 0 spiro atoms. The van der Waals surface area contributed by atoms with Gasteiger partial charge in [-0.15, -0.1) is 0 Å². The number of nitrogens with zero attached hydrogens (tertiary/aromatic N) is 1. The lowest BCUT2D eigenvalue weighted by molar-refractivity contribution is 0.0648. The van der Waals surface area contributed by atoms with E-state index in [1.807, 2.05) is 0 Å². The normalized spacial score (nSPS) is 21.0. The fraction of sp³-hybridized carbons (Fsp3) is 1.00. The summed E-state index contributed by atoms with van der Waals surface area (Å²) in [6.45, 7) is 16.8. The molecule has 0 amide bonds. The minimum absolute atomic E-state index is 0.202. The van der Waals surface area contributed by atoms with Gasteiger partial charge in [-0.3, -0.25) is 4.90 Å². The summed E-state index contributed by atoms with van der Waals surface area (Å²) in [5, 5.41) is 3.64. The van der Waals surface area contributed by atoms with E-state index in [2.05, 4.69) is 51.8 Å². The summed E-state index contributed by atoms with van der Waals surface area (Å²) < 4.78 is 5.31. The Balaban J connectivity index is 2.53. The molecule has 1 aliphatic rings. The first kappa shape index (κ1) is 17.9. The maximum atomic E-state index is 5.31. The fourth-order valence-corrected chi connectivity index (χ4v) is 2.79. The molecule has 1 rings (SSSR count). The monoisotopic (exact) mass is 284 g/mol. The molecule has 1 N–H and O–H groups in total. The van der Waals surface area contributed by atoms with Crippen LogP contribution < -0.4 is 5.32 Å². The first-order chi connectivity index (χ1) is 9.26. The first-order valence-corrected chi connectivity index (χ1v) is 8.26. The zero-order valence-electron chi connectivity index (χ0n) is 14.7. The Morgan fingerprint density at radius 3 is 2.25 bits per heavy atom. The lowest BCUT2D eigenvalue weighted by Gasteiger charge is -2.38. The van der Waals surface area contributed by atoms with Gasteiger partial charge in [0.2, 0.25) is 0 Å². The standard InChI is InChI=1S/C17H36N2O/c1-13(12-18-17(4,5)6)14(2)19(10-11-20-7)15(3)16-8-9-16/h13-16,18H,8-12H2,1-7H3. The maximum Gasteiger partial charge on any atom is 0.0589 e. The average molecular weight is 284 g/mol. The molecular weight excluding hydrogens is 248 g/mol. The minimum Gasteiger partial charge on any atom is -0.383 e. The molecule has 20 heavy (non-hydrogen) atoms. The Hall–Kier alpha value is -0.120. The molecule has 3 heteroatoms. The second-order valence-corrected chi connectivity index (χ2v) is 7.66. The molecule has 3 atom stereocenters. The van der Waals surface area contributed by atoms with Crippen LogP contribution in [0, 0.1) is 11.8 Å². The zero-order valence-corrected chi connectivity index (χ0v) is 14.7. The van der Waals surface area contributed by atoms with Crippen LogP contribution in [0.15, 0.2) is 0 Å². The summed E-state index contributed by atoms with van der Waals surface area (Å²) in [6.07, 6.45) is 2.82. The SMILES string of the molecule is COCCN(C(C)C(C)CNC(C)(C)C)C(C)C1CC1. The Morgan fingerprint density at radius 1 is 1.20 bits per heavy atom. The molecule has 1 aliphatic carbocycles. The first-order valence-electron chi connectivity index (χ1n) is 8.26. The van der Waals surface area contributed by atoms with Crippen molar-refractivity contribution in [2.24, 2.45) is 11.8 Å². The molecular formula is C17H36N2O. The lowest BCUT2D eigenvalue weighted by Crippen LogP contribution is -2.49. The highest BCUT2D eigenvalue weighted by Gasteiger charge is 2.35. The van der Waals surface area contributed by atoms with Crippen LogP contribution in [0.5, 0.6) is 0 Å². The highest BCUT2D eigenvalue weighted by molar-refractivity contribution is 4.89. The molecule has 120 valence electrons. The quantitative estimate of drug-likeness (QED) is 0.704. The third-order valence-electron chi connectivity index (χ3n) is 4.68. The third kappa shape index (κ3) is 6.11. The predicted octanol–water partition coefficient (Wildman–Crippen LogP) is 3.15. The fourth-order valence-electron chi connectivity index (χ4n) is 2.79. The van der Waals surface area contributed by atoms with E-state index in [1.165, 1.54) is 12.8 Å². The van der Waals surface area contributed by atoms with Gasteiger partial charge in [0.15, 0.2) is 0 Å². The smallest absolute Gasteiger partial charge is 0.0589 e. The van der Waals surface area contributed by atoms with E-state index in [4.69, 9.17) is 4.74 Å². The van der Waals surface area contributed by atoms with Crippen molar-refractivity contribution in [1.82, 2.24) is 10.2 Å². The van der Waals surface area contributed by atoms with Gasteiger partial charge in [0, 0.05) is 31.3 Å². The molecule has 1 saturated carbocycles. The summed E-state index contributed by atoms with van der Waals surface area (Å²) in [5.41, 5.74) is 0.202. The van der Waals surface area contributed by atoms with Crippen molar-refractivity contribution in [3.05, 3.63) is 0 Å². The molecule has 0 bridgehead atoms. The number of ether oxygens (including phenoxy) is 1. The minimum atomic E-state index is 0.202. The largest absolute Gasteiger partial charge is 0.383 e. The highest BCUT2D eigenvalue weighted by atomic mass is 16.5. The van der Waals surface area contributed by atoms with Crippen molar-refractivity contribution in [3.8, 4) is 0 Å². The molecule has 3 unspecified atom stereocenters. The molecule has 0 radical (unpaired) electrons. The van der Waals surface area contributed by atoms with Crippen LogP contribution in [-0.4, -0.2) is 49.3 Å². The van der Waals surface area contributed by atoms with Crippen LogP contribution in [0.4, 0.5) is 0 Å². The molecule has 0 aromatic rings. The zero-order chi connectivity index (χ0) is 15.3. The second-order valence-electron chi connectivity index (χ2n) is 7.66. The number of hydrogen-bond donors (Lipinski definition) is 1. The lowest BCUT2D eigenvalue weighted by atomic mass is 9.97. The van der Waals surface area contributed by atoms with Crippen molar-refractivity contribution in [2.75, 3.05) is 26.8 Å². The van der Waals surface area contributed by atoms with Crippen LogP contribution in [0.25, 0.3) is 0 Å². The molecule has 0 aromatic heterocycles. The molecule has 0 saturated heterocycles. The molecule has 0 aliphatic heterocycles. The second kappa shape index (κ2) is 7.77. The molecule has 0 aromatic carbocycles. The van der Waals surface area contributed by atoms with Crippen molar-refractivity contribution in [3.63, 3.8) is 0 Å². The Kier molecular flexibility index (Phi) is 6.96. The van der Waals surface area contributed by atoms with E-state index in [0.717, 1.165) is 25.6 Å². The van der Waals surface area contributed by atoms with Gasteiger partial charge in [-0.2, -0.15) is 0 Å². The van der Waals surface area contributed by atoms with E-state index < -0.39 is 0 Å². The van der Waals surface area contributed by atoms with E-state index in [9.17, 15) is 0 Å². The van der Waals surface area contributed by atoms with Gasteiger partial charge in [0.05, 0.1) is 6.61 Å². The third-order valence-corrected chi connectivity index (χ3v) is 4.68. The van der Waals surface area contributed by atoms with Crippen LogP contribution in [0.3, 0.4) is 0 Å². The van der Waals surface area contributed by atoms with Crippen LogP contribution in [-0.2, 0) is 4.74 Å². The van der Waals surface area contributed by atoms with E-state index >= 15 is 0 Å². The van der Waals surface area contributed by atoms with Crippen molar-refractivity contribution in [2.45, 2.75) is 72.0 Å². The number of nitrogens with one attached hydrogen (secondary N) is 1. The Bertz CT molecular complexity index is 271. The number of rotatable bonds is 9. The van der Waals surface area contributed by atoms with E-state index in [-0.39, 0.29) is 5.54 Å². The Labute approximate surface area is 126 Å². The van der Waals surface area contributed by atoms with Gasteiger partial charge >= 0.3 is 0 Å². The predicted molar refractivity (Wildman–Crippen MR) is 87.1 cm³/mol. The Morgan fingerprint density at radius 2 is 1.80 bits per heavy atom. The summed E-state index contributed by atoms with van der Waals surface area (Å²) in [5.74, 6) is 1.56. The summed E-state index contributed by atoms with van der Waals surface area (Å²) in [7, 11) is 1.80. The summed E-state index contributed by atoms with van der Waals surface area (Å²) >= 11 is 0. The summed E-state index contributed by atoms with van der Waals surface area (Å²) in [4.78, 5) is 2.66. The van der Waals surface area contributed by atoms with Gasteiger partial charge < -0.3 is 10.1 Å². The van der Waals surface area contributed by atoms with Gasteiger partial charge in [-0.05, 0) is 65.8 Å². The number of methoxy groups -OCH3 is 1. The van der Waals surface area contributed by atoms with Crippen molar-refractivity contribution >= 4 is 0 Å². The highest BCUT2D eigenvalue weighted by Crippen LogP contribution is 2.36. The van der Waals surface area contributed by atoms with Crippen LogP contribution >= 0.6 is 0 Å². The van der Waals surface area contributed by atoms with Gasteiger partial charge in [0.1, 0.15) is 0 Å². The van der Waals surface area contributed by atoms with Crippen molar-refractivity contribution < 1.29 is 4.74 Å². The molecule has 0 heterocycles. The molecule has 3 nitrogen and oxygen atoms in total. The number of hydrogen-bond acceptors (Lipinski definition) is 3. The van der Waals surface area contributed by atoms with Crippen LogP contribution in [0.2, 0.25) is 0 Å². The van der Waals surface area contributed by atoms with Gasteiger partial charge in [-0.25, -0.2) is 0 Å².